The Bertz CT molecular complexity index is 222. The zero-order valence-corrected chi connectivity index (χ0v) is 8.22. The molecule has 1 aliphatic rings. The van der Waals surface area contributed by atoms with E-state index in [0.29, 0.717) is 26.1 Å². The zero-order chi connectivity index (χ0) is 10.4. The third-order valence-electron chi connectivity index (χ3n) is 2.19. The number of aliphatic hydroxyl groups is 1. The summed E-state index contributed by atoms with van der Waals surface area (Å²) < 4.78 is 10.7. The van der Waals surface area contributed by atoms with Crippen LogP contribution in [0.1, 0.15) is 19.8 Å². The van der Waals surface area contributed by atoms with E-state index in [1.807, 2.05) is 6.92 Å². The van der Waals surface area contributed by atoms with E-state index in [2.05, 4.69) is 10.0 Å². The molecule has 0 bridgehead atoms. The van der Waals surface area contributed by atoms with E-state index in [4.69, 9.17) is 15.0 Å². The summed E-state index contributed by atoms with van der Waals surface area (Å²) in [7, 11) is 0. The van der Waals surface area contributed by atoms with Crippen molar-refractivity contribution in [3.05, 3.63) is 10.4 Å². The van der Waals surface area contributed by atoms with Crippen molar-refractivity contribution < 1.29 is 14.6 Å². The minimum absolute atomic E-state index is 0.104. The molecule has 14 heavy (non-hydrogen) atoms. The molecule has 1 atom stereocenters. The SMILES string of the molecule is CC1(CCC(O)CN=[N+]=[N-])OCCO1. The molecule has 0 radical (unpaired) electrons. The zero-order valence-electron chi connectivity index (χ0n) is 8.22. The fraction of sp³-hybridized carbons (Fsp3) is 1.00. The monoisotopic (exact) mass is 201 g/mol. The predicted octanol–water partition coefficient (Wildman–Crippen LogP) is 1.20. The summed E-state index contributed by atoms with van der Waals surface area (Å²) in [5, 5.41) is 12.7. The van der Waals surface area contributed by atoms with Crippen molar-refractivity contribution in [3.8, 4) is 0 Å². The van der Waals surface area contributed by atoms with Gasteiger partial charge in [-0.15, -0.1) is 0 Å². The first-order valence-corrected chi connectivity index (χ1v) is 4.63. The summed E-state index contributed by atoms with van der Waals surface area (Å²) >= 11 is 0. The van der Waals surface area contributed by atoms with E-state index in [1.54, 1.807) is 0 Å². The summed E-state index contributed by atoms with van der Waals surface area (Å²) in [5.74, 6) is -0.572. The van der Waals surface area contributed by atoms with Crippen LogP contribution >= 0.6 is 0 Å². The molecule has 6 nitrogen and oxygen atoms in total. The molecule has 1 unspecified atom stereocenters. The standard InChI is InChI=1S/C8H15N3O3/c1-8(13-4-5-14-8)3-2-7(12)6-10-11-9/h7,12H,2-6H2,1H3. The van der Waals surface area contributed by atoms with Crippen LogP contribution in [-0.2, 0) is 9.47 Å². The van der Waals surface area contributed by atoms with Gasteiger partial charge in [-0.3, -0.25) is 0 Å². The van der Waals surface area contributed by atoms with Gasteiger partial charge in [-0.1, -0.05) is 5.11 Å². The topological polar surface area (TPSA) is 87.5 Å². The van der Waals surface area contributed by atoms with Crippen molar-refractivity contribution in [1.29, 1.82) is 0 Å². The highest BCUT2D eigenvalue weighted by Gasteiger charge is 2.30. The van der Waals surface area contributed by atoms with Gasteiger partial charge in [0.25, 0.3) is 0 Å². The summed E-state index contributed by atoms with van der Waals surface area (Å²) in [4.78, 5) is 2.58. The van der Waals surface area contributed by atoms with E-state index in [0.717, 1.165) is 0 Å². The summed E-state index contributed by atoms with van der Waals surface area (Å²) in [6.45, 7) is 3.15. The maximum atomic E-state index is 9.38. The molecular weight excluding hydrogens is 186 g/mol. The molecule has 1 fully saturated rings. The average Bonchev–Trinajstić information content (AvgIpc) is 2.60. The Morgan fingerprint density at radius 2 is 2.21 bits per heavy atom. The fourth-order valence-corrected chi connectivity index (χ4v) is 1.35. The number of hydrogen-bond acceptors (Lipinski definition) is 4. The molecule has 1 rings (SSSR count). The van der Waals surface area contributed by atoms with Crippen molar-refractivity contribution in [2.75, 3.05) is 19.8 Å². The molecule has 0 aromatic heterocycles. The second-order valence-corrected chi connectivity index (χ2v) is 3.44. The Morgan fingerprint density at radius 3 is 2.79 bits per heavy atom. The Hall–Kier alpha value is -0.810. The summed E-state index contributed by atoms with van der Waals surface area (Å²) in [5.41, 5.74) is 8.04. The van der Waals surface area contributed by atoms with Gasteiger partial charge >= 0.3 is 0 Å². The molecule has 0 aromatic carbocycles. The van der Waals surface area contributed by atoms with Crippen molar-refractivity contribution in [2.24, 2.45) is 5.11 Å². The molecule has 0 aliphatic carbocycles. The highest BCUT2D eigenvalue weighted by atomic mass is 16.7. The number of aliphatic hydroxyl groups excluding tert-OH is 1. The van der Waals surface area contributed by atoms with Gasteiger partial charge < -0.3 is 14.6 Å². The van der Waals surface area contributed by atoms with Gasteiger partial charge in [0.1, 0.15) is 0 Å². The predicted molar refractivity (Wildman–Crippen MR) is 49.6 cm³/mol. The molecular formula is C8H15N3O3. The summed E-state index contributed by atoms with van der Waals surface area (Å²) in [6.07, 6.45) is 0.500. The van der Waals surface area contributed by atoms with Crippen LogP contribution < -0.4 is 0 Å². The lowest BCUT2D eigenvalue weighted by Crippen LogP contribution is -2.27. The fourth-order valence-electron chi connectivity index (χ4n) is 1.35. The van der Waals surface area contributed by atoms with Gasteiger partial charge in [-0.05, 0) is 18.9 Å². The molecule has 0 spiro atoms. The lowest BCUT2D eigenvalue weighted by molar-refractivity contribution is -0.150. The van der Waals surface area contributed by atoms with E-state index >= 15 is 0 Å². The molecule has 0 aromatic rings. The van der Waals surface area contributed by atoms with E-state index in [1.165, 1.54) is 0 Å². The third kappa shape index (κ3) is 3.51. The van der Waals surface area contributed by atoms with Crippen molar-refractivity contribution >= 4 is 0 Å². The maximum absolute atomic E-state index is 9.38. The van der Waals surface area contributed by atoms with Crippen LogP contribution in [0.5, 0.6) is 0 Å². The Balaban J connectivity index is 2.21. The third-order valence-corrected chi connectivity index (χ3v) is 2.19. The van der Waals surface area contributed by atoms with Gasteiger partial charge in [0, 0.05) is 11.3 Å². The minimum atomic E-state index is -0.615. The Morgan fingerprint density at radius 1 is 1.57 bits per heavy atom. The van der Waals surface area contributed by atoms with Crippen LogP contribution in [-0.4, -0.2) is 36.8 Å². The Labute approximate surface area is 82.4 Å². The minimum Gasteiger partial charge on any atom is -0.393 e. The van der Waals surface area contributed by atoms with Crippen LogP contribution in [0.2, 0.25) is 0 Å². The molecule has 80 valence electrons. The maximum Gasteiger partial charge on any atom is 0.165 e. The molecule has 1 heterocycles. The second kappa shape index (κ2) is 5.17. The molecule has 1 saturated heterocycles. The molecule has 1 N–H and O–H groups in total. The van der Waals surface area contributed by atoms with E-state index < -0.39 is 11.9 Å². The molecule has 1 aliphatic heterocycles. The molecule has 0 saturated carbocycles. The normalized spacial score (nSPS) is 21.6. The number of rotatable bonds is 5. The van der Waals surface area contributed by atoms with Crippen LogP contribution in [0.15, 0.2) is 5.11 Å². The highest BCUT2D eigenvalue weighted by Crippen LogP contribution is 2.24. The van der Waals surface area contributed by atoms with Crippen LogP contribution in [0.4, 0.5) is 0 Å². The smallest absolute Gasteiger partial charge is 0.165 e. The number of hydrogen-bond donors (Lipinski definition) is 1. The number of nitrogens with zero attached hydrogens (tertiary/aromatic N) is 3. The van der Waals surface area contributed by atoms with Gasteiger partial charge in [0.2, 0.25) is 0 Å². The van der Waals surface area contributed by atoms with Gasteiger partial charge in [-0.2, -0.15) is 0 Å². The van der Waals surface area contributed by atoms with Crippen molar-refractivity contribution in [3.63, 3.8) is 0 Å². The first kappa shape index (κ1) is 11.3. The lowest BCUT2D eigenvalue weighted by atomic mass is 10.1. The van der Waals surface area contributed by atoms with Crippen LogP contribution in [0.3, 0.4) is 0 Å². The largest absolute Gasteiger partial charge is 0.393 e. The van der Waals surface area contributed by atoms with E-state index in [-0.39, 0.29) is 6.54 Å². The van der Waals surface area contributed by atoms with Gasteiger partial charge in [0.15, 0.2) is 5.79 Å². The Kier molecular flexibility index (Phi) is 4.16. The van der Waals surface area contributed by atoms with Gasteiger partial charge in [-0.25, -0.2) is 0 Å². The van der Waals surface area contributed by atoms with Crippen molar-refractivity contribution in [1.82, 2.24) is 0 Å². The van der Waals surface area contributed by atoms with Crippen LogP contribution in [0.25, 0.3) is 10.4 Å². The summed E-state index contributed by atoms with van der Waals surface area (Å²) in [6, 6.07) is 0. The molecule has 6 heteroatoms. The van der Waals surface area contributed by atoms with Gasteiger partial charge in [0.05, 0.1) is 25.9 Å². The molecule has 0 amide bonds. The quantitative estimate of drug-likeness (QED) is 0.412. The average molecular weight is 201 g/mol. The first-order valence-electron chi connectivity index (χ1n) is 4.63. The van der Waals surface area contributed by atoms with Crippen LogP contribution in [0, 0.1) is 0 Å². The second-order valence-electron chi connectivity index (χ2n) is 3.44. The number of azide groups is 1. The highest BCUT2D eigenvalue weighted by molar-refractivity contribution is 4.71. The lowest BCUT2D eigenvalue weighted by Gasteiger charge is -2.23. The number of ether oxygens (including phenoxy) is 2. The van der Waals surface area contributed by atoms with Crippen molar-refractivity contribution in [2.45, 2.75) is 31.7 Å². The van der Waals surface area contributed by atoms with E-state index in [9.17, 15) is 5.11 Å². The first-order chi connectivity index (χ1) is 6.66.